The maximum absolute atomic E-state index is 12.0. The number of ether oxygens (including phenoxy) is 1. The molecule has 0 spiro atoms. The smallest absolute Gasteiger partial charge is 0.257 e. The second-order valence-electron chi connectivity index (χ2n) is 3.45. The van der Waals surface area contributed by atoms with Gasteiger partial charge in [-0.1, -0.05) is 0 Å². The van der Waals surface area contributed by atoms with Crippen molar-refractivity contribution in [3.63, 3.8) is 0 Å². The number of methoxy groups -OCH3 is 1. The minimum absolute atomic E-state index is 0.0632. The van der Waals surface area contributed by atoms with Crippen LogP contribution in [0.4, 0.5) is 0 Å². The highest BCUT2D eigenvalue weighted by Crippen LogP contribution is 2.09. The van der Waals surface area contributed by atoms with E-state index >= 15 is 0 Å². The third-order valence-electron chi connectivity index (χ3n) is 2.20. The topological polar surface area (TPSA) is 62.9 Å². The normalized spacial score (nSPS) is 10.4. The second kappa shape index (κ2) is 6.30. The van der Waals surface area contributed by atoms with Crippen LogP contribution in [0.15, 0.2) is 16.7 Å². The Kier molecular flexibility index (Phi) is 5.01. The van der Waals surface area contributed by atoms with Crippen LogP contribution in [0.25, 0.3) is 0 Å². The Bertz CT molecular complexity index is 334. The molecule has 0 saturated carbocycles. The molecule has 0 radical (unpaired) electrons. The Morgan fingerprint density at radius 1 is 1.56 bits per heavy atom. The third-order valence-corrected chi connectivity index (χ3v) is 2.20. The van der Waals surface area contributed by atoms with E-state index in [1.54, 1.807) is 20.1 Å². The van der Waals surface area contributed by atoms with Crippen molar-refractivity contribution in [3.05, 3.63) is 23.7 Å². The maximum atomic E-state index is 12.0. The summed E-state index contributed by atoms with van der Waals surface area (Å²) >= 11 is 0. The third kappa shape index (κ3) is 3.36. The number of rotatable bonds is 6. The van der Waals surface area contributed by atoms with Gasteiger partial charge in [0.2, 0.25) is 0 Å². The van der Waals surface area contributed by atoms with Gasteiger partial charge in [-0.25, -0.2) is 0 Å². The number of furan rings is 1. The maximum Gasteiger partial charge on any atom is 0.257 e. The summed E-state index contributed by atoms with van der Waals surface area (Å²) in [5, 5.41) is 8.88. The molecule has 0 atom stereocenters. The Balaban J connectivity index is 2.66. The van der Waals surface area contributed by atoms with Gasteiger partial charge >= 0.3 is 0 Å². The molecule has 0 fully saturated rings. The lowest BCUT2D eigenvalue weighted by Gasteiger charge is -2.20. The number of nitrogens with zero attached hydrogens (tertiary/aromatic N) is 1. The van der Waals surface area contributed by atoms with E-state index in [-0.39, 0.29) is 12.5 Å². The molecule has 0 aliphatic rings. The fourth-order valence-electron chi connectivity index (χ4n) is 1.38. The van der Waals surface area contributed by atoms with E-state index in [1.165, 1.54) is 11.2 Å². The fourth-order valence-corrected chi connectivity index (χ4v) is 1.38. The van der Waals surface area contributed by atoms with Crippen LogP contribution in [0.2, 0.25) is 0 Å². The number of hydrogen-bond acceptors (Lipinski definition) is 4. The Morgan fingerprint density at radius 2 is 2.31 bits per heavy atom. The van der Waals surface area contributed by atoms with Crippen LogP contribution in [0.5, 0.6) is 0 Å². The molecule has 90 valence electrons. The first-order chi connectivity index (χ1) is 7.69. The van der Waals surface area contributed by atoms with Gasteiger partial charge in [0, 0.05) is 20.2 Å². The summed E-state index contributed by atoms with van der Waals surface area (Å²) in [6, 6.07) is 1.68. The van der Waals surface area contributed by atoms with E-state index in [0.29, 0.717) is 31.0 Å². The van der Waals surface area contributed by atoms with E-state index in [4.69, 9.17) is 14.3 Å². The summed E-state index contributed by atoms with van der Waals surface area (Å²) in [4.78, 5) is 13.5. The zero-order valence-electron chi connectivity index (χ0n) is 9.60. The Hall–Kier alpha value is -1.33. The number of carbonyl (C=O) groups excluding carboxylic acids is 1. The Morgan fingerprint density at radius 3 is 2.81 bits per heavy atom. The van der Waals surface area contributed by atoms with Crippen LogP contribution in [-0.2, 0) is 4.74 Å². The molecule has 1 aromatic heterocycles. The van der Waals surface area contributed by atoms with E-state index in [9.17, 15) is 4.79 Å². The van der Waals surface area contributed by atoms with E-state index in [1.807, 2.05) is 0 Å². The summed E-state index contributed by atoms with van der Waals surface area (Å²) < 4.78 is 9.99. The van der Waals surface area contributed by atoms with Crippen molar-refractivity contribution in [2.45, 2.75) is 6.92 Å². The van der Waals surface area contributed by atoms with Crippen LogP contribution in [0.3, 0.4) is 0 Å². The molecule has 0 bridgehead atoms. The molecule has 5 nitrogen and oxygen atoms in total. The van der Waals surface area contributed by atoms with Crippen molar-refractivity contribution >= 4 is 5.91 Å². The van der Waals surface area contributed by atoms with E-state index in [2.05, 4.69) is 0 Å². The molecule has 1 N–H and O–H groups in total. The summed E-state index contributed by atoms with van der Waals surface area (Å²) in [6.07, 6.45) is 1.43. The summed E-state index contributed by atoms with van der Waals surface area (Å²) in [7, 11) is 1.57. The number of aliphatic hydroxyl groups excluding tert-OH is 1. The highest BCUT2D eigenvalue weighted by Gasteiger charge is 2.16. The summed E-state index contributed by atoms with van der Waals surface area (Å²) in [5.41, 5.74) is 0.502. The van der Waals surface area contributed by atoms with Crippen molar-refractivity contribution in [1.82, 2.24) is 4.90 Å². The molecule has 0 aliphatic heterocycles. The van der Waals surface area contributed by atoms with Gasteiger partial charge in [0.25, 0.3) is 5.91 Å². The van der Waals surface area contributed by atoms with Crippen LogP contribution < -0.4 is 0 Å². The second-order valence-corrected chi connectivity index (χ2v) is 3.45. The van der Waals surface area contributed by atoms with Gasteiger partial charge in [0.05, 0.1) is 18.8 Å². The lowest BCUT2D eigenvalue weighted by Crippen LogP contribution is -2.35. The average Bonchev–Trinajstić information content (AvgIpc) is 2.70. The van der Waals surface area contributed by atoms with Gasteiger partial charge in [0.15, 0.2) is 0 Å². The number of carbonyl (C=O) groups is 1. The predicted octanol–water partition coefficient (Wildman–Crippen LogP) is 0.669. The summed E-state index contributed by atoms with van der Waals surface area (Å²) in [6.45, 7) is 2.92. The lowest BCUT2D eigenvalue weighted by molar-refractivity contribution is 0.0656. The average molecular weight is 227 g/mol. The summed E-state index contributed by atoms with van der Waals surface area (Å²) in [5.74, 6) is 0.544. The zero-order valence-corrected chi connectivity index (χ0v) is 9.60. The molecule has 0 saturated heterocycles. The van der Waals surface area contributed by atoms with Crippen LogP contribution in [-0.4, -0.2) is 49.3 Å². The Labute approximate surface area is 94.6 Å². The molecule has 16 heavy (non-hydrogen) atoms. The molecule has 1 amide bonds. The minimum atomic E-state index is -0.150. The van der Waals surface area contributed by atoms with Crippen molar-refractivity contribution in [2.75, 3.05) is 33.4 Å². The lowest BCUT2D eigenvalue weighted by atomic mass is 10.2. The molecule has 1 aromatic rings. The van der Waals surface area contributed by atoms with Crippen molar-refractivity contribution in [1.29, 1.82) is 0 Å². The number of hydrogen-bond donors (Lipinski definition) is 1. The number of amides is 1. The predicted molar refractivity (Wildman–Crippen MR) is 58.3 cm³/mol. The molecular formula is C11H17NO4. The first-order valence-electron chi connectivity index (χ1n) is 5.13. The largest absolute Gasteiger partial charge is 0.469 e. The molecule has 1 heterocycles. The molecule has 5 heteroatoms. The SMILES string of the molecule is COCCN(CCO)C(=O)c1coc(C)c1. The molecule has 0 aromatic carbocycles. The van der Waals surface area contributed by atoms with Crippen LogP contribution in [0.1, 0.15) is 16.1 Å². The van der Waals surface area contributed by atoms with Gasteiger partial charge < -0.3 is 19.2 Å². The molecule has 0 aliphatic carbocycles. The van der Waals surface area contributed by atoms with Gasteiger partial charge in [-0.2, -0.15) is 0 Å². The molecule has 1 rings (SSSR count). The first kappa shape index (κ1) is 12.7. The highest BCUT2D eigenvalue weighted by molar-refractivity contribution is 5.94. The van der Waals surface area contributed by atoms with Crippen LogP contribution in [0, 0.1) is 6.92 Å². The molecule has 0 unspecified atom stereocenters. The van der Waals surface area contributed by atoms with E-state index < -0.39 is 0 Å². The van der Waals surface area contributed by atoms with Crippen molar-refractivity contribution < 1.29 is 19.1 Å². The van der Waals surface area contributed by atoms with E-state index in [0.717, 1.165) is 0 Å². The number of aryl methyl sites for hydroxylation is 1. The molecular weight excluding hydrogens is 210 g/mol. The standard InChI is InChI=1S/C11H17NO4/c1-9-7-10(8-16-9)11(14)12(3-5-13)4-6-15-2/h7-8,13H,3-6H2,1-2H3. The van der Waals surface area contributed by atoms with Gasteiger partial charge in [-0.3, -0.25) is 4.79 Å². The van der Waals surface area contributed by atoms with Gasteiger partial charge in [-0.15, -0.1) is 0 Å². The van der Waals surface area contributed by atoms with Crippen molar-refractivity contribution in [2.24, 2.45) is 0 Å². The fraction of sp³-hybridized carbons (Fsp3) is 0.545. The highest BCUT2D eigenvalue weighted by atomic mass is 16.5. The van der Waals surface area contributed by atoms with Gasteiger partial charge in [0.1, 0.15) is 12.0 Å². The van der Waals surface area contributed by atoms with Gasteiger partial charge in [-0.05, 0) is 13.0 Å². The quantitative estimate of drug-likeness (QED) is 0.775. The van der Waals surface area contributed by atoms with Crippen molar-refractivity contribution in [3.8, 4) is 0 Å². The monoisotopic (exact) mass is 227 g/mol. The minimum Gasteiger partial charge on any atom is -0.469 e. The van der Waals surface area contributed by atoms with Crippen LogP contribution >= 0.6 is 0 Å². The number of aliphatic hydroxyl groups is 1. The first-order valence-corrected chi connectivity index (χ1v) is 5.13. The zero-order chi connectivity index (χ0) is 12.0.